The number of anilines is 1. The molecule has 0 saturated heterocycles. The molecule has 1 aromatic rings. The molecule has 0 atom stereocenters. The molecule has 0 aliphatic rings. The van der Waals surface area contributed by atoms with Gasteiger partial charge in [0.15, 0.2) is 5.82 Å². The van der Waals surface area contributed by atoms with Crippen molar-refractivity contribution in [2.24, 2.45) is 5.41 Å². The van der Waals surface area contributed by atoms with Gasteiger partial charge in [0.05, 0.1) is 0 Å². The SMILES string of the molecule is CCC(C)(C)C(=O)Nc1ccn(CC(=O)O)n1. The van der Waals surface area contributed by atoms with Crippen LogP contribution in [0.2, 0.25) is 0 Å². The monoisotopic (exact) mass is 239 g/mol. The Morgan fingerprint density at radius 2 is 2.18 bits per heavy atom. The van der Waals surface area contributed by atoms with Crippen LogP contribution in [0, 0.1) is 5.41 Å². The number of amides is 1. The van der Waals surface area contributed by atoms with Crippen LogP contribution in [0.3, 0.4) is 0 Å². The van der Waals surface area contributed by atoms with E-state index in [2.05, 4.69) is 10.4 Å². The molecule has 94 valence electrons. The zero-order valence-corrected chi connectivity index (χ0v) is 10.2. The highest BCUT2D eigenvalue weighted by Gasteiger charge is 2.25. The van der Waals surface area contributed by atoms with Gasteiger partial charge in [0, 0.05) is 17.7 Å². The Morgan fingerprint density at radius 1 is 1.53 bits per heavy atom. The van der Waals surface area contributed by atoms with Crippen molar-refractivity contribution in [3.05, 3.63) is 12.3 Å². The predicted octanol–water partition coefficient (Wildman–Crippen LogP) is 1.34. The summed E-state index contributed by atoms with van der Waals surface area (Å²) in [5, 5.41) is 15.2. The van der Waals surface area contributed by atoms with Crippen LogP contribution in [0.25, 0.3) is 0 Å². The molecular formula is C11H17N3O3. The lowest BCUT2D eigenvalue weighted by molar-refractivity contribution is -0.137. The molecule has 2 N–H and O–H groups in total. The van der Waals surface area contributed by atoms with Gasteiger partial charge in [-0.25, -0.2) is 0 Å². The van der Waals surface area contributed by atoms with Crippen molar-refractivity contribution in [2.75, 3.05) is 5.32 Å². The molecule has 0 unspecified atom stereocenters. The minimum Gasteiger partial charge on any atom is -0.480 e. The Hall–Kier alpha value is -1.85. The van der Waals surface area contributed by atoms with Crippen molar-refractivity contribution < 1.29 is 14.7 Å². The third-order valence-electron chi connectivity index (χ3n) is 2.68. The first kappa shape index (κ1) is 13.2. The maximum atomic E-state index is 11.8. The molecule has 0 bridgehead atoms. The zero-order valence-electron chi connectivity index (χ0n) is 10.2. The lowest BCUT2D eigenvalue weighted by Gasteiger charge is -2.20. The highest BCUT2D eigenvalue weighted by Crippen LogP contribution is 2.21. The first-order valence-corrected chi connectivity index (χ1v) is 5.42. The Kier molecular flexibility index (Phi) is 3.88. The predicted molar refractivity (Wildman–Crippen MR) is 62.6 cm³/mol. The lowest BCUT2D eigenvalue weighted by Crippen LogP contribution is -2.30. The summed E-state index contributed by atoms with van der Waals surface area (Å²) in [5.74, 6) is -0.724. The molecule has 0 fully saturated rings. The maximum absolute atomic E-state index is 11.8. The van der Waals surface area contributed by atoms with Crippen LogP contribution >= 0.6 is 0 Å². The number of carbonyl (C=O) groups is 2. The molecule has 6 heteroatoms. The molecule has 0 saturated carbocycles. The van der Waals surface area contributed by atoms with Gasteiger partial charge in [0.1, 0.15) is 6.54 Å². The van der Waals surface area contributed by atoms with E-state index in [9.17, 15) is 9.59 Å². The summed E-state index contributed by atoms with van der Waals surface area (Å²) in [4.78, 5) is 22.3. The van der Waals surface area contributed by atoms with Gasteiger partial charge >= 0.3 is 5.97 Å². The molecule has 0 spiro atoms. The van der Waals surface area contributed by atoms with E-state index in [1.54, 1.807) is 6.07 Å². The summed E-state index contributed by atoms with van der Waals surface area (Å²) in [6, 6.07) is 1.58. The van der Waals surface area contributed by atoms with E-state index in [1.807, 2.05) is 20.8 Å². The molecule has 17 heavy (non-hydrogen) atoms. The van der Waals surface area contributed by atoms with Crippen LogP contribution in [-0.2, 0) is 16.1 Å². The fourth-order valence-electron chi connectivity index (χ4n) is 1.10. The van der Waals surface area contributed by atoms with Gasteiger partial charge < -0.3 is 10.4 Å². The Balaban J connectivity index is 2.67. The number of hydrogen-bond acceptors (Lipinski definition) is 3. The van der Waals surface area contributed by atoms with Crippen molar-refractivity contribution in [3.8, 4) is 0 Å². The van der Waals surface area contributed by atoms with Crippen molar-refractivity contribution in [2.45, 2.75) is 33.7 Å². The summed E-state index contributed by atoms with van der Waals surface area (Å²) in [6.07, 6.45) is 2.23. The molecular weight excluding hydrogens is 222 g/mol. The number of nitrogens with one attached hydrogen (secondary N) is 1. The second-order valence-electron chi connectivity index (χ2n) is 4.48. The first-order valence-electron chi connectivity index (χ1n) is 5.42. The molecule has 1 rings (SSSR count). The summed E-state index contributed by atoms with van der Waals surface area (Å²) in [6.45, 7) is 5.41. The Bertz CT molecular complexity index is 423. The highest BCUT2D eigenvalue weighted by atomic mass is 16.4. The molecule has 0 aliphatic heterocycles. The first-order chi connectivity index (χ1) is 7.85. The summed E-state index contributed by atoms with van der Waals surface area (Å²) in [7, 11) is 0. The lowest BCUT2D eigenvalue weighted by atomic mass is 9.89. The van der Waals surface area contributed by atoms with Gasteiger partial charge in [-0.1, -0.05) is 20.8 Å². The number of rotatable bonds is 5. The average molecular weight is 239 g/mol. The van der Waals surface area contributed by atoms with Crippen molar-refractivity contribution >= 4 is 17.7 Å². The number of carboxylic acids is 1. The van der Waals surface area contributed by atoms with E-state index in [0.717, 1.165) is 0 Å². The number of aromatic nitrogens is 2. The van der Waals surface area contributed by atoms with E-state index >= 15 is 0 Å². The van der Waals surface area contributed by atoms with E-state index in [0.29, 0.717) is 12.2 Å². The molecule has 1 amide bonds. The Morgan fingerprint density at radius 3 is 2.71 bits per heavy atom. The fraction of sp³-hybridized carbons (Fsp3) is 0.545. The van der Waals surface area contributed by atoms with Gasteiger partial charge in [-0.3, -0.25) is 14.3 Å². The van der Waals surface area contributed by atoms with Gasteiger partial charge in [-0.05, 0) is 6.42 Å². The van der Waals surface area contributed by atoms with Crippen molar-refractivity contribution in [1.82, 2.24) is 9.78 Å². The minimum absolute atomic E-state index is 0.124. The van der Waals surface area contributed by atoms with E-state index < -0.39 is 11.4 Å². The average Bonchev–Trinajstić information content (AvgIpc) is 2.64. The topological polar surface area (TPSA) is 84.2 Å². The molecule has 0 radical (unpaired) electrons. The number of carboxylic acid groups (broad SMARTS) is 1. The standard InChI is InChI=1S/C11H17N3O3/c1-4-11(2,3)10(17)12-8-5-6-14(13-8)7-9(15)16/h5-6H,4,7H2,1-3H3,(H,15,16)(H,12,13,17). The minimum atomic E-state index is -0.972. The van der Waals surface area contributed by atoms with Crippen LogP contribution in [0.1, 0.15) is 27.2 Å². The number of aliphatic carboxylic acids is 1. The van der Waals surface area contributed by atoms with Crippen molar-refractivity contribution in [1.29, 1.82) is 0 Å². The largest absolute Gasteiger partial charge is 0.480 e. The number of carbonyl (C=O) groups excluding carboxylic acids is 1. The normalized spacial score (nSPS) is 11.2. The van der Waals surface area contributed by atoms with Crippen LogP contribution in [-0.4, -0.2) is 26.8 Å². The van der Waals surface area contributed by atoms with Gasteiger partial charge in [-0.15, -0.1) is 0 Å². The molecule has 1 heterocycles. The maximum Gasteiger partial charge on any atom is 0.325 e. The van der Waals surface area contributed by atoms with E-state index in [-0.39, 0.29) is 12.5 Å². The summed E-state index contributed by atoms with van der Waals surface area (Å²) >= 11 is 0. The quantitative estimate of drug-likeness (QED) is 0.812. The Labute approximate surface area is 99.6 Å². The van der Waals surface area contributed by atoms with Crippen LogP contribution < -0.4 is 5.32 Å². The van der Waals surface area contributed by atoms with E-state index in [1.165, 1.54) is 10.9 Å². The van der Waals surface area contributed by atoms with Gasteiger partial charge in [0.25, 0.3) is 0 Å². The van der Waals surface area contributed by atoms with Gasteiger partial charge in [0.2, 0.25) is 5.91 Å². The van der Waals surface area contributed by atoms with Crippen LogP contribution in [0.4, 0.5) is 5.82 Å². The van der Waals surface area contributed by atoms with Gasteiger partial charge in [-0.2, -0.15) is 5.10 Å². The smallest absolute Gasteiger partial charge is 0.325 e. The third kappa shape index (κ3) is 3.58. The van der Waals surface area contributed by atoms with E-state index in [4.69, 9.17) is 5.11 Å². The van der Waals surface area contributed by atoms with Crippen molar-refractivity contribution in [3.63, 3.8) is 0 Å². The zero-order chi connectivity index (χ0) is 13.1. The third-order valence-corrected chi connectivity index (χ3v) is 2.68. The molecule has 0 aliphatic carbocycles. The summed E-state index contributed by atoms with van der Waals surface area (Å²) in [5.41, 5.74) is -0.462. The molecule has 0 aromatic carbocycles. The number of hydrogen-bond donors (Lipinski definition) is 2. The molecule has 1 aromatic heterocycles. The second-order valence-corrected chi connectivity index (χ2v) is 4.48. The second kappa shape index (κ2) is 4.99. The number of nitrogens with zero attached hydrogens (tertiary/aromatic N) is 2. The fourth-order valence-corrected chi connectivity index (χ4v) is 1.10. The van der Waals surface area contributed by atoms with Crippen LogP contribution in [0.15, 0.2) is 12.3 Å². The summed E-state index contributed by atoms with van der Waals surface area (Å²) < 4.78 is 1.26. The highest BCUT2D eigenvalue weighted by molar-refractivity contribution is 5.93. The van der Waals surface area contributed by atoms with Crippen LogP contribution in [0.5, 0.6) is 0 Å². The molecule has 6 nitrogen and oxygen atoms in total.